The molecule has 0 nitrogen and oxygen atoms in total. The van der Waals surface area contributed by atoms with Crippen LogP contribution in [0.4, 0.5) is 0 Å². The van der Waals surface area contributed by atoms with E-state index in [0.717, 1.165) is 5.56 Å². The van der Waals surface area contributed by atoms with Gasteiger partial charge in [-0.2, -0.15) is 0 Å². The van der Waals surface area contributed by atoms with Crippen molar-refractivity contribution >= 4 is 0 Å². The maximum Gasteiger partial charge on any atom is 0 e. The number of rotatable bonds is 0. The standard InChI is InChI=1S/C8H5.Pd/c1-2-8-6-4-3-5-7-8;/h3-7H;/q-1;. The van der Waals surface area contributed by atoms with Gasteiger partial charge in [-0.15, -0.1) is 17.7 Å². The van der Waals surface area contributed by atoms with Gasteiger partial charge < -0.3 is 6.42 Å². The van der Waals surface area contributed by atoms with Gasteiger partial charge in [-0.3, -0.25) is 5.92 Å². The molecule has 0 fully saturated rings. The van der Waals surface area contributed by atoms with Crippen molar-refractivity contribution in [2.24, 2.45) is 0 Å². The van der Waals surface area contributed by atoms with Crippen molar-refractivity contribution in [1.29, 1.82) is 0 Å². The summed E-state index contributed by atoms with van der Waals surface area (Å²) in [6, 6.07) is 9.37. The molecule has 0 spiro atoms. The molecule has 1 aromatic rings. The van der Waals surface area contributed by atoms with Crippen LogP contribution in [0, 0.1) is 12.3 Å². The smallest absolute Gasteiger partial charge is 0 e. The van der Waals surface area contributed by atoms with Crippen LogP contribution in [0.1, 0.15) is 5.56 Å². The average Bonchev–Trinajstić information content (AvgIpc) is 1.90. The van der Waals surface area contributed by atoms with Crippen molar-refractivity contribution in [3.8, 4) is 5.92 Å². The zero-order valence-electron chi connectivity index (χ0n) is 4.70. The largest absolute Gasteiger partial charge is 0.366 e. The zero-order valence-corrected chi connectivity index (χ0v) is 6.26. The first-order chi connectivity index (χ1) is 3.93. The third-order valence-corrected chi connectivity index (χ3v) is 0.918. The second kappa shape index (κ2) is 4.33. The van der Waals surface area contributed by atoms with Gasteiger partial charge >= 0.3 is 0 Å². The van der Waals surface area contributed by atoms with E-state index in [9.17, 15) is 0 Å². The summed E-state index contributed by atoms with van der Waals surface area (Å²) in [5, 5.41) is 0. The van der Waals surface area contributed by atoms with Crippen LogP contribution in [0.5, 0.6) is 0 Å². The minimum absolute atomic E-state index is 0. The Bertz CT molecular complexity index is 196. The van der Waals surface area contributed by atoms with Crippen LogP contribution in [0.25, 0.3) is 0 Å². The summed E-state index contributed by atoms with van der Waals surface area (Å²) < 4.78 is 0. The Morgan fingerprint density at radius 2 is 1.67 bits per heavy atom. The van der Waals surface area contributed by atoms with Gasteiger partial charge in [-0.05, 0) is 0 Å². The van der Waals surface area contributed by atoms with E-state index in [-0.39, 0.29) is 20.4 Å². The van der Waals surface area contributed by atoms with Gasteiger partial charge in [0.2, 0.25) is 0 Å². The number of hydrogen-bond donors (Lipinski definition) is 0. The number of hydrogen-bond acceptors (Lipinski definition) is 0. The van der Waals surface area contributed by atoms with Crippen LogP contribution in [0.2, 0.25) is 0 Å². The average molecular weight is 208 g/mol. The molecule has 0 atom stereocenters. The van der Waals surface area contributed by atoms with Crippen LogP contribution < -0.4 is 0 Å². The van der Waals surface area contributed by atoms with E-state index in [1.165, 1.54) is 0 Å². The van der Waals surface area contributed by atoms with Crippen LogP contribution >= 0.6 is 0 Å². The molecule has 0 amide bonds. The molecule has 1 aromatic carbocycles. The third kappa shape index (κ3) is 2.47. The molecule has 0 aromatic heterocycles. The summed E-state index contributed by atoms with van der Waals surface area (Å²) in [6.45, 7) is 0. The fraction of sp³-hybridized carbons (Fsp3) is 0. The summed E-state index contributed by atoms with van der Waals surface area (Å²) in [5.74, 6) is 2.28. The second-order valence-electron chi connectivity index (χ2n) is 1.49. The first kappa shape index (κ1) is 8.44. The first-order valence-corrected chi connectivity index (χ1v) is 2.41. The van der Waals surface area contributed by atoms with Crippen molar-refractivity contribution < 1.29 is 20.4 Å². The molecule has 0 aliphatic carbocycles. The van der Waals surface area contributed by atoms with Gasteiger partial charge in [0, 0.05) is 20.4 Å². The van der Waals surface area contributed by atoms with Crippen LogP contribution in [-0.4, -0.2) is 0 Å². The van der Waals surface area contributed by atoms with Crippen LogP contribution in [-0.2, 0) is 20.4 Å². The normalized spacial score (nSPS) is 7.00. The minimum atomic E-state index is 0. The summed E-state index contributed by atoms with van der Waals surface area (Å²) in [6.07, 6.45) is 6.69. The van der Waals surface area contributed by atoms with E-state index in [0.29, 0.717) is 0 Å². The van der Waals surface area contributed by atoms with Gasteiger partial charge in [0.1, 0.15) is 0 Å². The zero-order chi connectivity index (χ0) is 5.82. The van der Waals surface area contributed by atoms with E-state index >= 15 is 0 Å². The second-order valence-corrected chi connectivity index (χ2v) is 1.49. The van der Waals surface area contributed by atoms with E-state index in [1.54, 1.807) is 0 Å². The molecule has 0 N–H and O–H groups in total. The predicted molar refractivity (Wildman–Crippen MR) is 32.7 cm³/mol. The third-order valence-electron chi connectivity index (χ3n) is 0.918. The van der Waals surface area contributed by atoms with E-state index in [2.05, 4.69) is 5.92 Å². The molecule has 9 heavy (non-hydrogen) atoms. The molecule has 0 saturated carbocycles. The molecule has 0 bridgehead atoms. The Morgan fingerprint density at radius 1 is 1.11 bits per heavy atom. The van der Waals surface area contributed by atoms with Gasteiger partial charge in [0.15, 0.2) is 0 Å². The van der Waals surface area contributed by atoms with E-state index in [4.69, 9.17) is 6.42 Å². The maximum absolute atomic E-state index is 6.69. The summed E-state index contributed by atoms with van der Waals surface area (Å²) in [5.41, 5.74) is 0.826. The maximum atomic E-state index is 6.69. The van der Waals surface area contributed by atoms with Crippen molar-refractivity contribution in [2.45, 2.75) is 0 Å². The van der Waals surface area contributed by atoms with Gasteiger partial charge in [-0.25, -0.2) is 0 Å². The molecule has 0 aliphatic rings. The van der Waals surface area contributed by atoms with Crippen molar-refractivity contribution in [3.63, 3.8) is 0 Å². The topological polar surface area (TPSA) is 0 Å². The summed E-state index contributed by atoms with van der Waals surface area (Å²) in [4.78, 5) is 0. The predicted octanol–water partition coefficient (Wildman–Crippen LogP) is 1.62. The molecular weight excluding hydrogens is 203 g/mol. The molecular formula is C8H5Pd-. The molecule has 0 aliphatic heterocycles. The molecule has 1 heteroatoms. The Morgan fingerprint density at radius 3 is 2.00 bits per heavy atom. The van der Waals surface area contributed by atoms with Crippen molar-refractivity contribution in [2.75, 3.05) is 0 Å². The van der Waals surface area contributed by atoms with Gasteiger partial charge in [-0.1, -0.05) is 18.2 Å². The Hall–Kier alpha value is -0.558. The van der Waals surface area contributed by atoms with E-state index < -0.39 is 0 Å². The van der Waals surface area contributed by atoms with E-state index in [1.807, 2.05) is 30.3 Å². The molecule has 0 saturated heterocycles. The molecule has 0 radical (unpaired) electrons. The molecule has 1 rings (SSSR count). The van der Waals surface area contributed by atoms with Crippen molar-refractivity contribution in [3.05, 3.63) is 42.3 Å². The molecule has 0 unspecified atom stereocenters. The fourth-order valence-electron chi connectivity index (χ4n) is 0.521. The Labute approximate surface area is 68.9 Å². The molecule has 48 valence electrons. The van der Waals surface area contributed by atoms with Crippen molar-refractivity contribution in [1.82, 2.24) is 0 Å². The summed E-state index contributed by atoms with van der Waals surface area (Å²) in [7, 11) is 0. The van der Waals surface area contributed by atoms with Gasteiger partial charge in [0.25, 0.3) is 0 Å². The summed E-state index contributed by atoms with van der Waals surface area (Å²) >= 11 is 0. The Balaban J connectivity index is 0.000000640. The molecule has 0 heterocycles. The SMILES string of the molecule is [C-]#Cc1ccccc1.[Pd]. The van der Waals surface area contributed by atoms with Gasteiger partial charge in [0.05, 0.1) is 0 Å². The number of benzene rings is 1. The quantitative estimate of drug-likeness (QED) is 0.345. The van der Waals surface area contributed by atoms with Crippen LogP contribution in [0.3, 0.4) is 0 Å². The minimum Gasteiger partial charge on any atom is -0.366 e. The first-order valence-electron chi connectivity index (χ1n) is 2.41. The van der Waals surface area contributed by atoms with Crippen LogP contribution in [0.15, 0.2) is 30.3 Å². The monoisotopic (exact) mass is 207 g/mol. The Kier molecular flexibility index (Phi) is 4.07. The fourth-order valence-corrected chi connectivity index (χ4v) is 0.521.